The Morgan fingerprint density at radius 1 is 1.18 bits per heavy atom. The van der Waals surface area contributed by atoms with E-state index < -0.39 is 29.1 Å². The lowest BCUT2D eigenvalue weighted by atomic mass is 10.0. The van der Waals surface area contributed by atoms with Gasteiger partial charge < -0.3 is 19.9 Å². The van der Waals surface area contributed by atoms with Gasteiger partial charge in [-0.2, -0.15) is 4.39 Å². The Kier molecular flexibility index (Phi) is 7.28. The third-order valence-corrected chi connectivity index (χ3v) is 5.74. The molecule has 10 heteroatoms. The molecule has 0 radical (unpaired) electrons. The van der Waals surface area contributed by atoms with E-state index in [9.17, 15) is 18.8 Å². The highest BCUT2D eigenvalue weighted by Crippen LogP contribution is 2.23. The van der Waals surface area contributed by atoms with E-state index in [1.807, 2.05) is 13.8 Å². The number of amides is 2. The van der Waals surface area contributed by atoms with Gasteiger partial charge >= 0.3 is 0 Å². The second kappa shape index (κ2) is 9.80. The fraction of sp³-hybridized carbons (Fsp3) is 0.478. The van der Waals surface area contributed by atoms with Gasteiger partial charge in [-0.3, -0.25) is 19.3 Å². The Bertz CT molecular complexity index is 1060. The first-order chi connectivity index (χ1) is 15.5. The third-order valence-electron chi connectivity index (χ3n) is 5.74. The zero-order chi connectivity index (χ0) is 24.3. The smallest absolute Gasteiger partial charge is 0.294 e. The van der Waals surface area contributed by atoms with Crippen molar-refractivity contribution in [3.8, 4) is 0 Å². The van der Waals surface area contributed by atoms with E-state index in [0.29, 0.717) is 36.7 Å². The fourth-order valence-electron chi connectivity index (χ4n) is 4.11. The lowest BCUT2D eigenvalue weighted by Gasteiger charge is -2.35. The summed E-state index contributed by atoms with van der Waals surface area (Å²) >= 11 is 0. The molecular weight excluding hydrogens is 429 g/mol. The molecule has 178 valence electrons. The van der Waals surface area contributed by atoms with Crippen LogP contribution in [0.2, 0.25) is 0 Å². The number of carbonyl (C=O) groups is 3. The van der Waals surface area contributed by atoms with Crippen LogP contribution >= 0.6 is 0 Å². The van der Waals surface area contributed by atoms with Crippen LogP contribution in [-0.4, -0.2) is 70.4 Å². The van der Waals surface area contributed by atoms with Gasteiger partial charge in [0, 0.05) is 37.9 Å². The lowest BCUT2D eigenvalue weighted by molar-refractivity contribution is -0.118. The molecule has 0 aliphatic carbocycles. The van der Waals surface area contributed by atoms with Crippen molar-refractivity contribution in [2.45, 2.75) is 33.2 Å². The van der Waals surface area contributed by atoms with Crippen molar-refractivity contribution in [1.29, 1.82) is 0 Å². The Morgan fingerprint density at radius 3 is 2.45 bits per heavy atom. The number of hydrogen-bond acceptors (Lipinski definition) is 6. The monoisotopic (exact) mass is 459 g/mol. The van der Waals surface area contributed by atoms with Crippen molar-refractivity contribution in [2.24, 2.45) is 7.05 Å². The van der Waals surface area contributed by atoms with Gasteiger partial charge in [-0.1, -0.05) is 0 Å². The molecule has 3 rings (SSSR count). The molecule has 1 fully saturated rings. The number of anilines is 1. The van der Waals surface area contributed by atoms with E-state index in [4.69, 9.17) is 4.74 Å². The molecule has 2 amide bonds. The molecule has 0 bridgehead atoms. The number of ketones is 1. The van der Waals surface area contributed by atoms with Crippen molar-refractivity contribution in [3.63, 3.8) is 0 Å². The predicted octanol–water partition coefficient (Wildman–Crippen LogP) is 1.84. The van der Waals surface area contributed by atoms with Gasteiger partial charge in [0.2, 0.25) is 5.95 Å². The van der Waals surface area contributed by atoms with Crippen LogP contribution in [0.5, 0.6) is 0 Å². The average molecular weight is 460 g/mol. The molecule has 1 aliphatic heterocycles. The molecule has 9 nitrogen and oxygen atoms in total. The number of Topliss-reactive ketones (excluding diaryl/α,β-unsaturated/α-hetero) is 1. The molecule has 2 aromatic heterocycles. The van der Waals surface area contributed by atoms with Gasteiger partial charge in [0.15, 0.2) is 0 Å². The second-order valence-corrected chi connectivity index (χ2v) is 8.87. The van der Waals surface area contributed by atoms with Crippen molar-refractivity contribution in [3.05, 3.63) is 46.8 Å². The summed E-state index contributed by atoms with van der Waals surface area (Å²) in [6.07, 6.45) is 1.21. The number of carbonyl (C=O) groups excluding carboxylic acids is 3. The summed E-state index contributed by atoms with van der Waals surface area (Å²) in [4.78, 5) is 44.5. The first-order valence-corrected chi connectivity index (χ1v) is 10.8. The van der Waals surface area contributed by atoms with Crippen LogP contribution in [0.1, 0.15) is 46.0 Å². The molecule has 0 aromatic carbocycles. The van der Waals surface area contributed by atoms with Gasteiger partial charge in [0.05, 0.1) is 36.4 Å². The van der Waals surface area contributed by atoms with E-state index in [-0.39, 0.29) is 11.3 Å². The summed E-state index contributed by atoms with van der Waals surface area (Å²) in [5.74, 6) is -2.57. The highest BCUT2D eigenvalue weighted by Gasteiger charge is 2.32. The topological polar surface area (TPSA) is 106 Å². The second-order valence-electron chi connectivity index (χ2n) is 8.87. The predicted molar refractivity (Wildman–Crippen MR) is 121 cm³/mol. The number of halogens is 1. The minimum absolute atomic E-state index is 0.148. The average Bonchev–Trinajstić information content (AvgIpc) is 2.97. The van der Waals surface area contributed by atoms with E-state index in [1.165, 1.54) is 12.3 Å². The molecule has 0 unspecified atom stereocenters. The summed E-state index contributed by atoms with van der Waals surface area (Å²) in [5, 5.41) is 5.48. The van der Waals surface area contributed by atoms with Crippen molar-refractivity contribution < 1.29 is 23.5 Å². The van der Waals surface area contributed by atoms with Crippen LogP contribution in [0, 0.1) is 19.8 Å². The largest absolute Gasteiger partial charge is 0.379 e. The van der Waals surface area contributed by atoms with Crippen LogP contribution in [0.25, 0.3) is 0 Å². The van der Waals surface area contributed by atoms with E-state index in [0.717, 1.165) is 19.2 Å². The van der Waals surface area contributed by atoms with Gasteiger partial charge in [-0.25, -0.2) is 4.98 Å². The van der Waals surface area contributed by atoms with E-state index in [1.54, 1.807) is 25.5 Å². The number of pyridine rings is 1. The maximum Gasteiger partial charge on any atom is 0.294 e. The van der Waals surface area contributed by atoms with E-state index in [2.05, 4.69) is 20.5 Å². The Balaban J connectivity index is 1.76. The Hall–Kier alpha value is -3.11. The zero-order valence-electron chi connectivity index (χ0n) is 19.6. The van der Waals surface area contributed by atoms with E-state index >= 15 is 0 Å². The Labute approximate surface area is 192 Å². The molecule has 1 saturated heterocycles. The number of morpholine rings is 1. The number of hydrogen-bond donors (Lipinski definition) is 2. The molecule has 0 saturated carbocycles. The molecule has 3 heterocycles. The molecular formula is C23H30FN5O4. The van der Waals surface area contributed by atoms with Crippen molar-refractivity contribution >= 4 is 23.3 Å². The lowest BCUT2D eigenvalue weighted by Crippen LogP contribution is -2.55. The normalized spacial score (nSPS) is 14.7. The molecule has 0 spiro atoms. The summed E-state index contributed by atoms with van der Waals surface area (Å²) in [7, 11) is 1.64. The molecule has 2 N–H and O–H groups in total. The molecule has 1 aliphatic rings. The zero-order valence-corrected chi connectivity index (χ0v) is 19.6. The third kappa shape index (κ3) is 5.63. The standard InChI is InChI=1S/C23H30FN5O4/c1-14-18(21(31)26-16-6-7-17(24)25-12-16)15(2)28(5)19(14)20(30)22(32)27-23(3,4)13-29-8-10-33-11-9-29/h6-7,12H,8-11,13H2,1-5H3,(H,26,31)(H,27,32). The fourth-order valence-corrected chi connectivity index (χ4v) is 4.11. The number of aromatic nitrogens is 2. The minimum atomic E-state index is -0.730. The number of rotatable bonds is 7. The van der Waals surface area contributed by atoms with Crippen LogP contribution in [-0.2, 0) is 16.6 Å². The van der Waals surface area contributed by atoms with Gasteiger partial charge in [-0.15, -0.1) is 0 Å². The molecule has 2 aromatic rings. The highest BCUT2D eigenvalue weighted by molar-refractivity contribution is 6.43. The van der Waals surface area contributed by atoms with Gasteiger partial charge in [-0.05, 0) is 45.4 Å². The Morgan fingerprint density at radius 2 is 1.85 bits per heavy atom. The maximum atomic E-state index is 13.1. The number of ether oxygens (including phenoxy) is 1. The maximum absolute atomic E-state index is 13.1. The molecule has 33 heavy (non-hydrogen) atoms. The van der Waals surface area contributed by atoms with Crippen molar-refractivity contribution in [1.82, 2.24) is 19.8 Å². The quantitative estimate of drug-likeness (QED) is 0.372. The van der Waals surface area contributed by atoms with Gasteiger partial charge in [0.1, 0.15) is 0 Å². The summed E-state index contributed by atoms with van der Waals surface area (Å²) < 4.78 is 19.9. The van der Waals surface area contributed by atoms with Crippen LogP contribution in [0.3, 0.4) is 0 Å². The summed E-state index contributed by atoms with van der Waals surface area (Å²) in [6, 6.07) is 2.53. The van der Waals surface area contributed by atoms with Crippen LogP contribution in [0.4, 0.5) is 10.1 Å². The van der Waals surface area contributed by atoms with Crippen LogP contribution in [0.15, 0.2) is 18.3 Å². The SMILES string of the molecule is Cc1c(C(=O)Nc2ccc(F)nc2)c(C)n(C)c1C(=O)C(=O)NC(C)(C)CN1CCOCC1. The summed E-state index contributed by atoms with van der Waals surface area (Å²) in [5.41, 5.74) is 1.05. The first-order valence-electron chi connectivity index (χ1n) is 10.8. The molecule has 0 atom stereocenters. The minimum Gasteiger partial charge on any atom is -0.379 e. The van der Waals surface area contributed by atoms with Gasteiger partial charge in [0.25, 0.3) is 17.6 Å². The van der Waals surface area contributed by atoms with Crippen molar-refractivity contribution in [2.75, 3.05) is 38.2 Å². The van der Waals surface area contributed by atoms with Crippen LogP contribution < -0.4 is 10.6 Å². The summed E-state index contributed by atoms with van der Waals surface area (Å²) in [6.45, 7) is 10.5. The first kappa shape index (κ1) is 24.5. The highest BCUT2D eigenvalue weighted by atomic mass is 19.1. The number of nitrogens with zero attached hydrogens (tertiary/aromatic N) is 3. The number of nitrogens with one attached hydrogen (secondary N) is 2.